The van der Waals surface area contributed by atoms with Crippen LogP contribution in [0.15, 0.2) is 54.9 Å². The molecule has 1 fully saturated rings. The van der Waals surface area contributed by atoms with E-state index in [0.29, 0.717) is 13.1 Å². The molecule has 130 valence electrons. The van der Waals surface area contributed by atoms with E-state index in [4.69, 9.17) is 0 Å². The summed E-state index contributed by atoms with van der Waals surface area (Å²) in [6, 6.07) is 9.68. The summed E-state index contributed by atoms with van der Waals surface area (Å²) in [5, 5.41) is 10.5. The Morgan fingerprint density at radius 1 is 1.24 bits per heavy atom. The minimum Gasteiger partial charge on any atom is -0.388 e. The molecule has 1 N–H and O–H groups in total. The molecule has 1 aliphatic rings. The minimum atomic E-state index is -0.621. The van der Waals surface area contributed by atoms with Gasteiger partial charge in [-0.1, -0.05) is 18.2 Å². The zero-order valence-electron chi connectivity index (χ0n) is 13.9. The van der Waals surface area contributed by atoms with Gasteiger partial charge in [-0.15, -0.1) is 0 Å². The summed E-state index contributed by atoms with van der Waals surface area (Å²) in [5.74, 6) is -0.257. The highest BCUT2D eigenvalue weighted by molar-refractivity contribution is 5.91. The van der Waals surface area contributed by atoms with Gasteiger partial charge in [0.25, 0.3) is 0 Å². The van der Waals surface area contributed by atoms with Gasteiger partial charge in [0.1, 0.15) is 5.82 Å². The van der Waals surface area contributed by atoms with Crippen LogP contribution in [0.1, 0.15) is 30.1 Å². The molecule has 3 rings (SSSR count). The number of nitrogens with zero attached hydrogens (tertiary/aromatic N) is 2. The monoisotopic (exact) mass is 340 g/mol. The molecule has 0 bridgehead atoms. The molecule has 1 aromatic carbocycles. The summed E-state index contributed by atoms with van der Waals surface area (Å²) < 4.78 is 13.0. The first-order valence-corrected chi connectivity index (χ1v) is 8.44. The van der Waals surface area contributed by atoms with Gasteiger partial charge in [0.15, 0.2) is 0 Å². The molecule has 5 heteroatoms. The summed E-state index contributed by atoms with van der Waals surface area (Å²) in [4.78, 5) is 18.1. The van der Waals surface area contributed by atoms with Gasteiger partial charge in [0.2, 0.25) is 5.91 Å². The predicted molar refractivity (Wildman–Crippen MR) is 93.9 cm³/mol. The van der Waals surface area contributed by atoms with E-state index >= 15 is 0 Å². The normalized spacial score (nSPS) is 17.0. The van der Waals surface area contributed by atoms with Crippen LogP contribution in [0, 0.1) is 11.7 Å². The second-order valence-electron chi connectivity index (χ2n) is 6.28. The van der Waals surface area contributed by atoms with Gasteiger partial charge in [-0.2, -0.15) is 0 Å². The number of amides is 1. The van der Waals surface area contributed by atoms with Crippen molar-refractivity contribution in [3.63, 3.8) is 0 Å². The zero-order chi connectivity index (χ0) is 17.6. The summed E-state index contributed by atoms with van der Waals surface area (Å²) in [6.07, 6.45) is 7.55. The smallest absolute Gasteiger partial charge is 0.246 e. The maximum atomic E-state index is 13.0. The molecule has 0 unspecified atom stereocenters. The third-order valence-corrected chi connectivity index (χ3v) is 4.61. The number of benzene rings is 1. The first-order valence-electron chi connectivity index (χ1n) is 8.44. The average Bonchev–Trinajstić information content (AvgIpc) is 2.67. The van der Waals surface area contributed by atoms with Crippen molar-refractivity contribution < 1.29 is 14.3 Å². The molecular weight excluding hydrogens is 319 g/mol. The summed E-state index contributed by atoms with van der Waals surface area (Å²) in [6.45, 7) is 1.22. The zero-order valence-corrected chi connectivity index (χ0v) is 13.9. The van der Waals surface area contributed by atoms with Crippen LogP contribution < -0.4 is 0 Å². The topological polar surface area (TPSA) is 53.4 Å². The number of pyridine rings is 1. The number of rotatable bonds is 4. The fourth-order valence-electron chi connectivity index (χ4n) is 3.12. The van der Waals surface area contributed by atoms with Crippen molar-refractivity contribution in [1.82, 2.24) is 9.88 Å². The Morgan fingerprint density at radius 2 is 1.96 bits per heavy atom. The van der Waals surface area contributed by atoms with E-state index in [0.717, 1.165) is 24.0 Å². The van der Waals surface area contributed by atoms with Gasteiger partial charge in [0, 0.05) is 31.6 Å². The van der Waals surface area contributed by atoms with Crippen LogP contribution in [0.4, 0.5) is 4.39 Å². The third-order valence-electron chi connectivity index (χ3n) is 4.61. The second kappa shape index (κ2) is 8.03. The maximum Gasteiger partial charge on any atom is 0.246 e. The Morgan fingerprint density at radius 3 is 2.60 bits per heavy atom. The van der Waals surface area contributed by atoms with Crippen LogP contribution in [0.3, 0.4) is 0 Å². The van der Waals surface area contributed by atoms with Crippen LogP contribution in [-0.2, 0) is 4.79 Å². The lowest BCUT2D eigenvalue weighted by Crippen LogP contribution is -2.38. The van der Waals surface area contributed by atoms with Crippen molar-refractivity contribution in [2.45, 2.75) is 18.9 Å². The first kappa shape index (κ1) is 17.3. The fourth-order valence-corrected chi connectivity index (χ4v) is 3.12. The lowest BCUT2D eigenvalue weighted by molar-refractivity contribution is -0.127. The molecule has 2 aromatic rings. The lowest BCUT2D eigenvalue weighted by atomic mass is 9.87. The first-order chi connectivity index (χ1) is 12.1. The molecule has 4 nitrogen and oxygen atoms in total. The van der Waals surface area contributed by atoms with E-state index in [1.807, 2.05) is 12.1 Å². The molecule has 1 aromatic heterocycles. The van der Waals surface area contributed by atoms with Crippen LogP contribution in [0.5, 0.6) is 0 Å². The summed E-state index contributed by atoms with van der Waals surface area (Å²) >= 11 is 0. The van der Waals surface area contributed by atoms with Gasteiger partial charge >= 0.3 is 0 Å². The molecule has 0 spiro atoms. The molecule has 1 amide bonds. The van der Waals surface area contributed by atoms with E-state index in [-0.39, 0.29) is 17.6 Å². The molecule has 0 saturated carbocycles. The lowest BCUT2D eigenvalue weighted by Gasteiger charge is -2.34. The van der Waals surface area contributed by atoms with Gasteiger partial charge < -0.3 is 10.0 Å². The summed E-state index contributed by atoms with van der Waals surface area (Å²) in [7, 11) is 0. The van der Waals surface area contributed by atoms with Crippen molar-refractivity contribution in [2.75, 3.05) is 13.1 Å². The number of aromatic nitrogens is 1. The highest BCUT2D eigenvalue weighted by atomic mass is 19.1. The van der Waals surface area contributed by atoms with E-state index in [9.17, 15) is 14.3 Å². The highest BCUT2D eigenvalue weighted by Gasteiger charge is 2.27. The van der Waals surface area contributed by atoms with E-state index in [1.54, 1.807) is 41.6 Å². The fraction of sp³-hybridized carbons (Fsp3) is 0.300. The number of hydrogen-bond acceptors (Lipinski definition) is 3. The Hall–Kier alpha value is -2.53. The number of carbonyl (C=O) groups is 1. The van der Waals surface area contributed by atoms with Gasteiger partial charge in [-0.3, -0.25) is 9.78 Å². The molecule has 1 saturated heterocycles. The number of aliphatic hydroxyl groups is 1. The van der Waals surface area contributed by atoms with Crippen LogP contribution in [-0.4, -0.2) is 34.0 Å². The predicted octanol–water partition coefficient (Wildman–Crippen LogP) is 3.21. The average molecular weight is 340 g/mol. The van der Waals surface area contributed by atoms with Crippen molar-refractivity contribution in [2.24, 2.45) is 5.92 Å². The Bertz CT molecular complexity index is 723. The highest BCUT2D eigenvalue weighted by Crippen LogP contribution is 2.30. The Kier molecular flexibility index (Phi) is 5.56. The third kappa shape index (κ3) is 4.51. The molecule has 0 radical (unpaired) electrons. The van der Waals surface area contributed by atoms with Crippen LogP contribution >= 0.6 is 0 Å². The van der Waals surface area contributed by atoms with Crippen LogP contribution in [0.25, 0.3) is 6.08 Å². The van der Waals surface area contributed by atoms with Gasteiger partial charge in [-0.25, -0.2) is 4.39 Å². The number of likely N-dealkylation sites (tertiary alicyclic amines) is 1. The molecule has 25 heavy (non-hydrogen) atoms. The molecular formula is C20H21FN2O2. The maximum absolute atomic E-state index is 13.0. The van der Waals surface area contributed by atoms with Crippen molar-refractivity contribution in [1.29, 1.82) is 0 Å². The molecule has 1 aliphatic heterocycles. The minimum absolute atomic E-state index is 0.0291. The molecule has 0 aliphatic carbocycles. The van der Waals surface area contributed by atoms with Crippen molar-refractivity contribution in [3.8, 4) is 0 Å². The van der Waals surface area contributed by atoms with Gasteiger partial charge in [0.05, 0.1) is 6.10 Å². The standard InChI is InChI=1S/C20H21FN2O2/c21-18-6-4-16(5-7-18)20(25)17-9-12-23(13-10-17)19(24)8-3-15-2-1-11-22-14-15/h1-8,11,14,17,20,25H,9-10,12-13H2/b8-3-/t20-/m1/s1. The number of piperidine rings is 1. The van der Waals surface area contributed by atoms with E-state index in [2.05, 4.69) is 4.98 Å². The van der Waals surface area contributed by atoms with Crippen molar-refractivity contribution >= 4 is 12.0 Å². The molecule has 1 atom stereocenters. The number of carbonyl (C=O) groups excluding carboxylic acids is 1. The van der Waals surface area contributed by atoms with E-state index in [1.165, 1.54) is 12.1 Å². The summed E-state index contributed by atoms with van der Waals surface area (Å²) in [5.41, 5.74) is 1.61. The number of hydrogen-bond donors (Lipinski definition) is 1. The van der Waals surface area contributed by atoms with E-state index < -0.39 is 6.10 Å². The van der Waals surface area contributed by atoms with Crippen molar-refractivity contribution in [3.05, 3.63) is 71.8 Å². The Balaban J connectivity index is 1.53. The largest absolute Gasteiger partial charge is 0.388 e. The Labute approximate surface area is 146 Å². The molecule has 2 heterocycles. The quantitative estimate of drug-likeness (QED) is 0.870. The van der Waals surface area contributed by atoms with Crippen LogP contribution in [0.2, 0.25) is 0 Å². The van der Waals surface area contributed by atoms with Gasteiger partial charge in [-0.05, 0) is 54.2 Å². The number of halogens is 1. The second-order valence-corrected chi connectivity index (χ2v) is 6.28. The SMILES string of the molecule is O=C(/C=C\c1cccnc1)N1CCC([C@H](O)c2ccc(F)cc2)CC1. The number of aliphatic hydroxyl groups excluding tert-OH is 1.